The van der Waals surface area contributed by atoms with Crippen LogP contribution in [0.15, 0.2) is 65.5 Å². The number of hydrogen-bond donors (Lipinski definition) is 1. The minimum Gasteiger partial charge on any atom is -0.337 e. The van der Waals surface area contributed by atoms with Gasteiger partial charge in [-0.25, -0.2) is 4.98 Å². The van der Waals surface area contributed by atoms with Crippen molar-refractivity contribution in [1.29, 1.82) is 0 Å². The summed E-state index contributed by atoms with van der Waals surface area (Å²) in [6.07, 6.45) is 3.48. The van der Waals surface area contributed by atoms with Crippen LogP contribution in [0.1, 0.15) is 11.4 Å². The van der Waals surface area contributed by atoms with Gasteiger partial charge in [-0.2, -0.15) is 0 Å². The first kappa shape index (κ1) is 18.1. The standard InChI is InChI=1S/C22H22N4O2/c27-21(11-10-17-6-2-1-3-7-17)26-14-12-25(13-15-26)16-20-23-19-9-5-4-8-18(19)22(28)24-20/h1-11H,12-16H2,(H,23,24,28). The third kappa shape index (κ3) is 4.18. The Kier molecular flexibility index (Phi) is 5.30. The fraction of sp³-hybridized carbons (Fsp3) is 0.227. The molecule has 1 saturated heterocycles. The molecule has 6 nitrogen and oxygen atoms in total. The van der Waals surface area contributed by atoms with Crippen LogP contribution in [0.5, 0.6) is 0 Å². The van der Waals surface area contributed by atoms with E-state index in [0.717, 1.165) is 18.7 Å². The van der Waals surface area contributed by atoms with Crippen LogP contribution < -0.4 is 5.56 Å². The SMILES string of the molecule is O=C(C=Cc1ccccc1)N1CCN(Cc2nc3ccccc3c(=O)[nH]2)CC1. The number of piperazine rings is 1. The summed E-state index contributed by atoms with van der Waals surface area (Å²) in [4.78, 5) is 36.1. The van der Waals surface area contributed by atoms with Gasteiger partial charge in [0.25, 0.3) is 5.56 Å². The number of nitrogens with zero attached hydrogens (tertiary/aromatic N) is 3. The summed E-state index contributed by atoms with van der Waals surface area (Å²) in [5.74, 6) is 0.688. The molecule has 0 aliphatic carbocycles. The second-order valence-electron chi connectivity index (χ2n) is 6.88. The van der Waals surface area contributed by atoms with Crippen molar-refractivity contribution in [3.8, 4) is 0 Å². The second-order valence-corrected chi connectivity index (χ2v) is 6.88. The highest BCUT2D eigenvalue weighted by Gasteiger charge is 2.20. The fourth-order valence-electron chi connectivity index (χ4n) is 3.39. The van der Waals surface area contributed by atoms with E-state index in [1.165, 1.54) is 0 Å². The Bertz CT molecular complexity index is 1050. The van der Waals surface area contributed by atoms with Gasteiger partial charge in [0.15, 0.2) is 0 Å². The van der Waals surface area contributed by atoms with Gasteiger partial charge in [-0.1, -0.05) is 42.5 Å². The number of fused-ring (bicyclic) bond motifs is 1. The van der Waals surface area contributed by atoms with E-state index in [1.54, 1.807) is 12.1 Å². The molecule has 1 fully saturated rings. The van der Waals surface area contributed by atoms with Gasteiger partial charge in [-0.15, -0.1) is 0 Å². The van der Waals surface area contributed by atoms with E-state index in [-0.39, 0.29) is 11.5 Å². The number of aromatic nitrogens is 2. The molecule has 6 heteroatoms. The van der Waals surface area contributed by atoms with Crippen molar-refractivity contribution in [2.45, 2.75) is 6.54 Å². The lowest BCUT2D eigenvalue weighted by Gasteiger charge is -2.33. The Morgan fingerprint density at radius 1 is 1.00 bits per heavy atom. The van der Waals surface area contributed by atoms with E-state index in [2.05, 4.69) is 14.9 Å². The zero-order chi connectivity index (χ0) is 19.3. The topological polar surface area (TPSA) is 69.3 Å². The summed E-state index contributed by atoms with van der Waals surface area (Å²) in [7, 11) is 0. The quantitative estimate of drug-likeness (QED) is 0.712. The molecule has 0 radical (unpaired) electrons. The van der Waals surface area contributed by atoms with Crippen LogP contribution in [0.4, 0.5) is 0 Å². The zero-order valence-electron chi connectivity index (χ0n) is 15.5. The van der Waals surface area contributed by atoms with Crippen molar-refractivity contribution in [2.75, 3.05) is 26.2 Å². The highest BCUT2D eigenvalue weighted by atomic mass is 16.2. The minimum absolute atomic E-state index is 0.0285. The molecule has 1 N–H and O–H groups in total. The molecule has 3 aromatic rings. The third-order valence-corrected chi connectivity index (χ3v) is 4.94. The monoisotopic (exact) mass is 374 g/mol. The number of H-pyrrole nitrogens is 1. The Morgan fingerprint density at radius 2 is 1.71 bits per heavy atom. The number of hydrogen-bond acceptors (Lipinski definition) is 4. The molecule has 4 rings (SSSR count). The van der Waals surface area contributed by atoms with Crippen molar-refractivity contribution in [3.63, 3.8) is 0 Å². The fourth-order valence-corrected chi connectivity index (χ4v) is 3.39. The van der Waals surface area contributed by atoms with Crippen molar-refractivity contribution in [3.05, 3.63) is 82.4 Å². The van der Waals surface area contributed by atoms with Crippen molar-refractivity contribution in [1.82, 2.24) is 19.8 Å². The Labute approximate surface area is 163 Å². The number of nitrogens with one attached hydrogen (secondary N) is 1. The summed E-state index contributed by atoms with van der Waals surface area (Å²) in [6, 6.07) is 17.1. The van der Waals surface area contributed by atoms with Gasteiger partial charge < -0.3 is 9.88 Å². The Hall–Kier alpha value is -3.25. The van der Waals surface area contributed by atoms with E-state index >= 15 is 0 Å². The van der Waals surface area contributed by atoms with Crippen LogP contribution in [0, 0.1) is 0 Å². The molecule has 0 spiro atoms. The second kappa shape index (κ2) is 8.19. The molecule has 0 unspecified atom stereocenters. The van der Waals surface area contributed by atoms with Crippen LogP contribution in [-0.4, -0.2) is 51.9 Å². The average molecular weight is 374 g/mol. The first-order valence-electron chi connectivity index (χ1n) is 9.41. The maximum Gasteiger partial charge on any atom is 0.258 e. The average Bonchev–Trinajstić information content (AvgIpc) is 2.73. The van der Waals surface area contributed by atoms with Gasteiger partial charge in [0.2, 0.25) is 5.91 Å². The summed E-state index contributed by atoms with van der Waals surface area (Å²) in [6.45, 7) is 3.40. The van der Waals surface area contributed by atoms with Gasteiger partial charge in [0.05, 0.1) is 17.4 Å². The Morgan fingerprint density at radius 3 is 2.50 bits per heavy atom. The van der Waals surface area contributed by atoms with E-state index in [4.69, 9.17) is 0 Å². The van der Waals surface area contributed by atoms with E-state index in [9.17, 15) is 9.59 Å². The van der Waals surface area contributed by atoms with Gasteiger partial charge in [0, 0.05) is 32.3 Å². The molecule has 28 heavy (non-hydrogen) atoms. The smallest absolute Gasteiger partial charge is 0.258 e. The van der Waals surface area contributed by atoms with E-state index in [1.807, 2.05) is 59.5 Å². The van der Waals surface area contributed by atoms with Crippen LogP contribution in [0.25, 0.3) is 17.0 Å². The number of carbonyl (C=O) groups excluding carboxylic acids is 1. The molecule has 1 aliphatic rings. The maximum absolute atomic E-state index is 12.4. The molecule has 0 atom stereocenters. The number of aromatic amines is 1. The Balaban J connectivity index is 1.35. The molecule has 0 saturated carbocycles. The van der Waals surface area contributed by atoms with Crippen LogP contribution >= 0.6 is 0 Å². The molecule has 142 valence electrons. The van der Waals surface area contributed by atoms with Gasteiger partial charge in [-0.3, -0.25) is 14.5 Å². The van der Waals surface area contributed by atoms with Gasteiger partial charge in [-0.05, 0) is 23.8 Å². The number of benzene rings is 2. The van der Waals surface area contributed by atoms with Crippen LogP contribution in [-0.2, 0) is 11.3 Å². The van der Waals surface area contributed by atoms with Crippen molar-refractivity contribution >= 4 is 22.9 Å². The number of rotatable bonds is 4. The minimum atomic E-state index is -0.111. The molecular formula is C22H22N4O2. The molecule has 2 heterocycles. The summed E-state index contributed by atoms with van der Waals surface area (Å²) in [5, 5.41) is 0.604. The lowest BCUT2D eigenvalue weighted by atomic mass is 10.2. The molecule has 1 amide bonds. The van der Waals surface area contributed by atoms with Crippen molar-refractivity contribution in [2.24, 2.45) is 0 Å². The number of carbonyl (C=O) groups is 1. The molecule has 0 bridgehead atoms. The molecule has 1 aromatic heterocycles. The number of amides is 1. The van der Waals surface area contributed by atoms with E-state index < -0.39 is 0 Å². The molecule has 1 aliphatic heterocycles. The first-order chi connectivity index (χ1) is 13.7. The lowest BCUT2D eigenvalue weighted by Crippen LogP contribution is -2.48. The highest BCUT2D eigenvalue weighted by Crippen LogP contribution is 2.10. The molecule has 2 aromatic carbocycles. The highest BCUT2D eigenvalue weighted by molar-refractivity contribution is 5.91. The maximum atomic E-state index is 12.4. The summed E-state index contributed by atoms with van der Waals surface area (Å²) >= 11 is 0. The lowest BCUT2D eigenvalue weighted by molar-refractivity contribution is -0.127. The molecular weight excluding hydrogens is 352 g/mol. The zero-order valence-corrected chi connectivity index (χ0v) is 15.5. The van der Waals surface area contributed by atoms with Crippen LogP contribution in [0.2, 0.25) is 0 Å². The predicted octanol–water partition coefficient (Wildman–Crippen LogP) is 2.28. The summed E-state index contributed by atoms with van der Waals surface area (Å²) < 4.78 is 0. The van der Waals surface area contributed by atoms with Gasteiger partial charge in [0.1, 0.15) is 5.82 Å². The first-order valence-corrected chi connectivity index (χ1v) is 9.41. The number of para-hydroxylation sites is 1. The third-order valence-electron chi connectivity index (χ3n) is 4.94. The normalized spacial score (nSPS) is 15.4. The van der Waals surface area contributed by atoms with Crippen molar-refractivity contribution < 1.29 is 4.79 Å². The largest absolute Gasteiger partial charge is 0.337 e. The van der Waals surface area contributed by atoms with Gasteiger partial charge >= 0.3 is 0 Å². The van der Waals surface area contributed by atoms with E-state index in [0.29, 0.717) is 36.4 Å². The van der Waals surface area contributed by atoms with Crippen LogP contribution in [0.3, 0.4) is 0 Å². The predicted molar refractivity (Wildman–Crippen MR) is 110 cm³/mol. The summed E-state index contributed by atoms with van der Waals surface area (Å²) in [5.41, 5.74) is 1.61.